The Morgan fingerprint density at radius 3 is 2.29 bits per heavy atom. The molecule has 1 fully saturated rings. The van der Waals surface area contributed by atoms with E-state index in [1.54, 1.807) is 6.92 Å². The molecule has 17 heavy (non-hydrogen) atoms. The maximum absolute atomic E-state index is 12.8. The fraction of sp³-hybridized carbons (Fsp3) is 1.00. The van der Waals surface area contributed by atoms with Crippen LogP contribution in [0.3, 0.4) is 0 Å². The van der Waals surface area contributed by atoms with E-state index in [1.807, 2.05) is 0 Å². The monoisotopic (exact) mass is 254 g/mol. The topological polar surface area (TPSA) is 69.2 Å². The molecule has 0 radical (unpaired) electrons. The van der Waals surface area contributed by atoms with E-state index in [0.717, 1.165) is 0 Å². The summed E-state index contributed by atoms with van der Waals surface area (Å²) in [5, 5.41) is 10.7. The number of nitrogens with two attached hydrogens (primary N) is 1. The van der Waals surface area contributed by atoms with Gasteiger partial charge in [0.25, 0.3) is 0 Å². The summed E-state index contributed by atoms with van der Waals surface area (Å²) in [6.45, 7) is 3.10. The standard InChI is InChI=1S/C10H17F3N2O2/c1-5-8(6(2)14)3-7(15(16)17)4-9(5)10(11,12)13/h5-9H,3-4,14H2,1-2H3. The Hall–Kier alpha value is -0.850. The summed E-state index contributed by atoms with van der Waals surface area (Å²) in [5.74, 6) is -2.74. The molecule has 0 aromatic carbocycles. The molecule has 1 aliphatic rings. The lowest BCUT2D eigenvalue weighted by atomic mass is 9.68. The second kappa shape index (κ2) is 4.80. The largest absolute Gasteiger partial charge is 0.392 e. The number of nitro groups is 1. The highest BCUT2D eigenvalue weighted by atomic mass is 19.4. The third-order valence-electron chi connectivity index (χ3n) is 3.77. The van der Waals surface area contributed by atoms with Gasteiger partial charge in [-0.3, -0.25) is 10.1 Å². The van der Waals surface area contributed by atoms with E-state index in [2.05, 4.69) is 0 Å². The van der Waals surface area contributed by atoms with Crippen LogP contribution < -0.4 is 5.73 Å². The van der Waals surface area contributed by atoms with E-state index < -0.39 is 47.4 Å². The van der Waals surface area contributed by atoms with E-state index in [4.69, 9.17) is 5.73 Å². The van der Waals surface area contributed by atoms with Gasteiger partial charge in [0.1, 0.15) is 0 Å². The lowest BCUT2D eigenvalue weighted by molar-refractivity contribution is -0.533. The van der Waals surface area contributed by atoms with Crippen LogP contribution in [-0.2, 0) is 0 Å². The van der Waals surface area contributed by atoms with Gasteiger partial charge in [-0.25, -0.2) is 0 Å². The van der Waals surface area contributed by atoms with Crippen LogP contribution in [0, 0.1) is 27.9 Å². The summed E-state index contributed by atoms with van der Waals surface area (Å²) in [6.07, 6.45) is -4.68. The zero-order valence-corrected chi connectivity index (χ0v) is 9.78. The van der Waals surface area contributed by atoms with Gasteiger partial charge in [-0.2, -0.15) is 13.2 Å². The van der Waals surface area contributed by atoms with Crippen LogP contribution in [0.2, 0.25) is 0 Å². The van der Waals surface area contributed by atoms with Crippen LogP contribution in [0.5, 0.6) is 0 Å². The minimum Gasteiger partial charge on any atom is -0.328 e. The van der Waals surface area contributed by atoms with Crippen LogP contribution >= 0.6 is 0 Å². The second-order valence-electron chi connectivity index (χ2n) is 4.94. The first-order chi connectivity index (χ1) is 7.64. The van der Waals surface area contributed by atoms with Crippen molar-refractivity contribution >= 4 is 0 Å². The van der Waals surface area contributed by atoms with Gasteiger partial charge in [0.05, 0.1) is 5.92 Å². The molecule has 0 heterocycles. The predicted molar refractivity (Wildman–Crippen MR) is 55.9 cm³/mol. The molecule has 1 saturated carbocycles. The molecule has 0 aromatic heterocycles. The first-order valence-corrected chi connectivity index (χ1v) is 5.60. The summed E-state index contributed by atoms with van der Waals surface area (Å²) in [6, 6.07) is -1.59. The van der Waals surface area contributed by atoms with Crippen LogP contribution in [0.25, 0.3) is 0 Å². The molecule has 4 nitrogen and oxygen atoms in total. The lowest BCUT2D eigenvalue weighted by Crippen LogP contribution is -2.48. The van der Waals surface area contributed by atoms with E-state index >= 15 is 0 Å². The van der Waals surface area contributed by atoms with E-state index in [-0.39, 0.29) is 6.42 Å². The number of nitrogens with zero attached hydrogens (tertiary/aromatic N) is 1. The van der Waals surface area contributed by atoms with Crippen molar-refractivity contribution in [3.05, 3.63) is 10.1 Å². The number of hydrogen-bond acceptors (Lipinski definition) is 3. The Morgan fingerprint density at radius 2 is 1.94 bits per heavy atom. The molecule has 2 N–H and O–H groups in total. The van der Waals surface area contributed by atoms with Crippen molar-refractivity contribution in [1.82, 2.24) is 0 Å². The molecule has 5 unspecified atom stereocenters. The first-order valence-electron chi connectivity index (χ1n) is 5.60. The molecule has 0 aromatic rings. The maximum Gasteiger partial charge on any atom is 0.392 e. The number of alkyl halides is 3. The quantitative estimate of drug-likeness (QED) is 0.606. The van der Waals surface area contributed by atoms with Crippen molar-refractivity contribution in [2.45, 2.75) is 44.9 Å². The molecule has 0 aliphatic heterocycles. The van der Waals surface area contributed by atoms with Crippen molar-refractivity contribution in [2.24, 2.45) is 23.5 Å². The number of rotatable bonds is 2. The molecular weight excluding hydrogens is 237 g/mol. The molecule has 0 saturated heterocycles. The SMILES string of the molecule is CC(N)C1CC([N+](=O)[O-])CC(C(F)(F)F)C1C. The zero-order chi connectivity index (χ0) is 13.4. The normalized spacial score (nSPS) is 36.6. The molecule has 5 atom stereocenters. The predicted octanol–water partition coefficient (Wildman–Crippen LogP) is 2.20. The van der Waals surface area contributed by atoms with E-state index in [9.17, 15) is 23.3 Å². The molecule has 0 bridgehead atoms. The van der Waals surface area contributed by atoms with E-state index in [0.29, 0.717) is 0 Å². The van der Waals surface area contributed by atoms with Crippen LogP contribution in [-0.4, -0.2) is 23.2 Å². The van der Waals surface area contributed by atoms with Crippen LogP contribution in [0.15, 0.2) is 0 Å². The van der Waals surface area contributed by atoms with Crippen molar-refractivity contribution in [3.63, 3.8) is 0 Å². The highest BCUT2D eigenvalue weighted by Gasteiger charge is 2.52. The molecule has 1 rings (SSSR count). The van der Waals surface area contributed by atoms with Crippen molar-refractivity contribution < 1.29 is 18.1 Å². The van der Waals surface area contributed by atoms with Crippen molar-refractivity contribution in [3.8, 4) is 0 Å². The molecule has 0 spiro atoms. The van der Waals surface area contributed by atoms with Crippen molar-refractivity contribution in [1.29, 1.82) is 0 Å². The average molecular weight is 254 g/mol. The Balaban J connectivity index is 2.94. The minimum atomic E-state index is -4.39. The van der Waals surface area contributed by atoms with E-state index in [1.165, 1.54) is 6.92 Å². The smallest absolute Gasteiger partial charge is 0.328 e. The highest BCUT2D eigenvalue weighted by Crippen LogP contribution is 2.45. The first kappa shape index (κ1) is 14.2. The maximum atomic E-state index is 12.8. The van der Waals surface area contributed by atoms with Gasteiger partial charge in [0, 0.05) is 23.8 Å². The summed E-state index contributed by atoms with van der Waals surface area (Å²) >= 11 is 0. The summed E-state index contributed by atoms with van der Waals surface area (Å²) in [4.78, 5) is 10.1. The van der Waals surface area contributed by atoms with Crippen LogP contribution in [0.1, 0.15) is 26.7 Å². The van der Waals surface area contributed by atoms with Gasteiger partial charge in [0.2, 0.25) is 6.04 Å². The van der Waals surface area contributed by atoms with Gasteiger partial charge < -0.3 is 5.73 Å². The number of halogens is 3. The third-order valence-corrected chi connectivity index (χ3v) is 3.77. The summed E-state index contributed by atoms with van der Waals surface area (Å²) in [7, 11) is 0. The average Bonchev–Trinajstić information content (AvgIpc) is 2.15. The molecular formula is C10H17F3N2O2. The summed E-state index contributed by atoms with van der Waals surface area (Å²) < 4.78 is 38.4. The van der Waals surface area contributed by atoms with Crippen molar-refractivity contribution in [2.75, 3.05) is 0 Å². The number of hydrogen-bond donors (Lipinski definition) is 1. The summed E-state index contributed by atoms with van der Waals surface area (Å²) in [5.41, 5.74) is 5.64. The Morgan fingerprint density at radius 1 is 1.41 bits per heavy atom. The Labute approximate surface area is 97.5 Å². The second-order valence-corrected chi connectivity index (χ2v) is 4.94. The van der Waals surface area contributed by atoms with Gasteiger partial charge in [-0.15, -0.1) is 0 Å². The van der Waals surface area contributed by atoms with Gasteiger partial charge >= 0.3 is 6.18 Å². The fourth-order valence-corrected chi connectivity index (χ4v) is 2.73. The van der Waals surface area contributed by atoms with Gasteiger partial charge in [-0.1, -0.05) is 6.92 Å². The molecule has 1 aliphatic carbocycles. The van der Waals surface area contributed by atoms with Gasteiger partial charge in [0.15, 0.2) is 0 Å². The van der Waals surface area contributed by atoms with Crippen LogP contribution in [0.4, 0.5) is 13.2 Å². The Kier molecular flexibility index (Phi) is 4.01. The fourth-order valence-electron chi connectivity index (χ4n) is 2.73. The third kappa shape index (κ3) is 3.08. The zero-order valence-electron chi connectivity index (χ0n) is 9.78. The highest BCUT2D eigenvalue weighted by molar-refractivity contribution is 4.90. The van der Waals surface area contributed by atoms with Gasteiger partial charge in [-0.05, 0) is 18.8 Å². The Bertz CT molecular complexity index is 294. The minimum absolute atomic E-state index is 0.137. The molecule has 100 valence electrons. The molecule has 0 amide bonds. The lowest BCUT2D eigenvalue weighted by Gasteiger charge is -2.39. The molecule has 7 heteroatoms.